The molecule has 0 aliphatic rings. The maximum Gasteiger partial charge on any atom is 0.119 e. The van der Waals surface area contributed by atoms with E-state index in [0.29, 0.717) is 6.54 Å². The molecule has 0 aliphatic heterocycles. The van der Waals surface area contributed by atoms with Crippen molar-refractivity contribution in [2.45, 2.75) is 13.0 Å². The fourth-order valence-electron chi connectivity index (χ4n) is 1.75. The lowest BCUT2D eigenvalue weighted by Gasteiger charge is -2.04. The highest BCUT2D eigenvalue weighted by molar-refractivity contribution is 5.28. The molecule has 0 bridgehead atoms. The van der Waals surface area contributed by atoms with Gasteiger partial charge in [0.05, 0.1) is 19.1 Å². The first kappa shape index (κ1) is 11.7. The molecule has 2 rings (SSSR count). The first-order valence-electron chi connectivity index (χ1n) is 5.65. The Balaban J connectivity index is 2.08. The lowest BCUT2D eigenvalue weighted by Crippen LogP contribution is -2.02. The van der Waals surface area contributed by atoms with Crippen LogP contribution in [0.25, 0.3) is 0 Å². The number of benzene rings is 1. The number of ether oxygens (including phenoxy) is 1. The van der Waals surface area contributed by atoms with Crippen LogP contribution in [0.2, 0.25) is 0 Å². The number of nitrogens with two attached hydrogens (primary N) is 1. The van der Waals surface area contributed by atoms with Gasteiger partial charge in [-0.25, -0.2) is 4.98 Å². The van der Waals surface area contributed by atoms with E-state index >= 15 is 0 Å². The largest absolute Gasteiger partial charge is 0.497 e. The Hall–Kier alpha value is -1.81. The minimum Gasteiger partial charge on any atom is -0.497 e. The second-order valence-corrected chi connectivity index (χ2v) is 3.93. The van der Waals surface area contributed by atoms with Crippen molar-refractivity contribution in [2.75, 3.05) is 13.7 Å². The molecule has 90 valence electrons. The van der Waals surface area contributed by atoms with Crippen LogP contribution >= 0.6 is 0 Å². The van der Waals surface area contributed by atoms with E-state index in [0.717, 1.165) is 24.4 Å². The topological polar surface area (TPSA) is 53.1 Å². The molecule has 4 heteroatoms. The van der Waals surface area contributed by atoms with Crippen LogP contribution in [0.4, 0.5) is 0 Å². The van der Waals surface area contributed by atoms with Crippen LogP contribution in [0.3, 0.4) is 0 Å². The second kappa shape index (κ2) is 5.50. The third-order valence-electron chi connectivity index (χ3n) is 2.59. The van der Waals surface area contributed by atoms with Crippen LogP contribution in [-0.4, -0.2) is 23.2 Å². The summed E-state index contributed by atoms with van der Waals surface area (Å²) in [6.07, 6.45) is 4.70. The third kappa shape index (κ3) is 3.07. The monoisotopic (exact) mass is 231 g/mol. The molecule has 0 fully saturated rings. The van der Waals surface area contributed by atoms with E-state index in [2.05, 4.69) is 15.6 Å². The van der Waals surface area contributed by atoms with E-state index in [4.69, 9.17) is 10.5 Å². The normalized spacial score (nSPS) is 10.5. The van der Waals surface area contributed by atoms with Crippen molar-refractivity contribution < 1.29 is 4.74 Å². The Labute approximate surface area is 101 Å². The number of hydrogen-bond donors (Lipinski definition) is 1. The zero-order valence-electron chi connectivity index (χ0n) is 9.97. The Morgan fingerprint density at radius 1 is 1.41 bits per heavy atom. The second-order valence-electron chi connectivity index (χ2n) is 3.93. The Morgan fingerprint density at radius 3 is 3.06 bits per heavy atom. The summed E-state index contributed by atoms with van der Waals surface area (Å²) >= 11 is 0. The van der Waals surface area contributed by atoms with Gasteiger partial charge < -0.3 is 15.0 Å². The molecule has 2 aromatic rings. The zero-order valence-corrected chi connectivity index (χ0v) is 9.97. The molecule has 1 heterocycles. The van der Waals surface area contributed by atoms with Crippen molar-refractivity contribution in [1.82, 2.24) is 9.55 Å². The minimum atomic E-state index is 0.635. The van der Waals surface area contributed by atoms with E-state index in [1.54, 1.807) is 7.11 Å². The summed E-state index contributed by atoms with van der Waals surface area (Å²) < 4.78 is 7.25. The minimum absolute atomic E-state index is 0.635. The van der Waals surface area contributed by atoms with Crippen molar-refractivity contribution in [2.24, 2.45) is 5.73 Å². The molecule has 0 atom stereocenters. The predicted octanol–water partition coefficient (Wildman–Crippen LogP) is 1.44. The van der Waals surface area contributed by atoms with Gasteiger partial charge in [0.15, 0.2) is 0 Å². The molecular weight excluding hydrogens is 214 g/mol. The maximum atomic E-state index is 5.49. The molecule has 0 saturated carbocycles. The van der Waals surface area contributed by atoms with Crippen molar-refractivity contribution >= 4 is 0 Å². The lowest BCUT2D eigenvalue weighted by atomic mass is 10.2. The summed E-state index contributed by atoms with van der Waals surface area (Å²) in [5, 5.41) is 0. The molecule has 0 spiro atoms. The number of nitrogens with zero attached hydrogens (tertiary/aromatic N) is 2. The average molecular weight is 231 g/mol. The molecular formula is C13H17N3O. The maximum absolute atomic E-state index is 5.49. The van der Waals surface area contributed by atoms with Crippen molar-refractivity contribution in [3.05, 3.63) is 48.0 Å². The zero-order chi connectivity index (χ0) is 12.1. The Bertz CT molecular complexity index is 479. The van der Waals surface area contributed by atoms with Crippen molar-refractivity contribution in [3.8, 4) is 5.75 Å². The highest BCUT2D eigenvalue weighted by Crippen LogP contribution is 2.13. The summed E-state index contributed by atoms with van der Waals surface area (Å²) in [5.41, 5.74) is 7.73. The molecule has 17 heavy (non-hydrogen) atoms. The van der Waals surface area contributed by atoms with E-state index in [9.17, 15) is 0 Å². The van der Waals surface area contributed by atoms with Gasteiger partial charge in [-0.3, -0.25) is 0 Å². The Kier molecular flexibility index (Phi) is 3.77. The molecule has 0 unspecified atom stereocenters. The van der Waals surface area contributed by atoms with Gasteiger partial charge in [-0.05, 0) is 24.2 Å². The molecule has 0 radical (unpaired) electrons. The van der Waals surface area contributed by atoms with Crippen molar-refractivity contribution in [3.63, 3.8) is 0 Å². The highest BCUT2D eigenvalue weighted by Gasteiger charge is 2.00. The summed E-state index contributed by atoms with van der Waals surface area (Å²) in [6, 6.07) is 8.04. The summed E-state index contributed by atoms with van der Waals surface area (Å²) in [4.78, 5) is 4.30. The third-order valence-corrected chi connectivity index (χ3v) is 2.59. The summed E-state index contributed by atoms with van der Waals surface area (Å²) in [5.74, 6) is 0.879. The van der Waals surface area contributed by atoms with E-state index in [-0.39, 0.29) is 0 Å². The molecule has 0 aliphatic carbocycles. The van der Waals surface area contributed by atoms with Gasteiger partial charge in [0, 0.05) is 19.2 Å². The van der Waals surface area contributed by atoms with E-state index < -0.39 is 0 Å². The number of imidazole rings is 1. The molecule has 2 N–H and O–H groups in total. The van der Waals surface area contributed by atoms with Crippen molar-refractivity contribution in [1.29, 1.82) is 0 Å². The molecule has 0 amide bonds. The fraction of sp³-hybridized carbons (Fsp3) is 0.308. The Morgan fingerprint density at radius 2 is 2.29 bits per heavy atom. The van der Waals surface area contributed by atoms with E-state index in [1.165, 1.54) is 5.56 Å². The number of methoxy groups -OCH3 is 1. The van der Waals surface area contributed by atoms with Gasteiger partial charge in [-0.1, -0.05) is 12.1 Å². The van der Waals surface area contributed by atoms with Crippen LogP contribution < -0.4 is 10.5 Å². The number of aromatic nitrogens is 2. The van der Waals surface area contributed by atoms with Gasteiger partial charge in [-0.2, -0.15) is 0 Å². The fourth-order valence-corrected chi connectivity index (χ4v) is 1.75. The number of rotatable bonds is 5. The smallest absolute Gasteiger partial charge is 0.119 e. The molecule has 0 saturated heterocycles. The molecule has 1 aromatic heterocycles. The van der Waals surface area contributed by atoms with Crippen LogP contribution in [0.1, 0.15) is 11.3 Å². The molecule has 4 nitrogen and oxygen atoms in total. The van der Waals surface area contributed by atoms with Gasteiger partial charge in [0.25, 0.3) is 0 Å². The van der Waals surface area contributed by atoms with Gasteiger partial charge in [0.2, 0.25) is 0 Å². The summed E-state index contributed by atoms with van der Waals surface area (Å²) in [7, 11) is 1.68. The van der Waals surface area contributed by atoms with Crippen LogP contribution in [0, 0.1) is 0 Å². The average Bonchev–Trinajstić information content (AvgIpc) is 2.77. The predicted molar refractivity (Wildman–Crippen MR) is 67.1 cm³/mol. The summed E-state index contributed by atoms with van der Waals surface area (Å²) in [6.45, 7) is 1.44. The first-order chi connectivity index (χ1) is 8.31. The van der Waals surface area contributed by atoms with E-state index in [1.807, 2.05) is 30.7 Å². The van der Waals surface area contributed by atoms with Crippen LogP contribution in [0.5, 0.6) is 5.75 Å². The SMILES string of the molecule is COc1cccc(Cn2cnc(CCN)c2)c1. The lowest BCUT2D eigenvalue weighted by molar-refractivity contribution is 0.414. The number of hydrogen-bond acceptors (Lipinski definition) is 3. The van der Waals surface area contributed by atoms with Gasteiger partial charge in [-0.15, -0.1) is 0 Å². The van der Waals surface area contributed by atoms with Gasteiger partial charge in [0.1, 0.15) is 5.75 Å². The van der Waals surface area contributed by atoms with Crippen LogP contribution in [0.15, 0.2) is 36.8 Å². The van der Waals surface area contributed by atoms with Gasteiger partial charge >= 0.3 is 0 Å². The quantitative estimate of drug-likeness (QED) is 0.847. The molecule has 1 aromatic carbocycles. The first-order valence-corrected chi connectivity index (χ1v) is 5.65. The standard InChI is InChI=1S/C13H17N3O/c1-17-13-4-2-3-11(7-13)8-16-9-12(5-6-14)15-10-16/h2-4,7,9-10H,5-6,8,14H2,1H3. The highest BCUT2D eigenvalue weighted by atomic mass is 16.5. The van der Waals surface area contributed by atoms with Crippen LogP contribution in [-0.2, 0) is 13.0 Å².